The number of nitrogens with two attached hydrogens (primary N) is 1. The highest BCUT2D eigenvalue weighted by Gasteiger charge is 2.16. The van der Waals surface area contributed by atoms with Crippen molar-refractivity contribution in [1.82, 2.24) is 19.9 Å². The first kappa shape index (κ1) is 25.2. The van der Waals surface area contributed by atoms with Crippen LogP contribution in [0.3, 0.4) is 0 Å². The van der Waals surface area contributed by atoms with Crippen molar-refractivity contribution >= 4 is 17.1 Å². The van der Waals surface area contributed by atoms with Gasteiger partial charge in [-0.15, -0.1) is 0 Å². The van der Waals surface area contributed by atoms with Gasteiger partial charge in [0.05, 0.1) is 17.4 Å². The summed E-state index contributed by atoms with van der Waals surface area (Å²) < 4.78 is 2.27. The van der Waals surface area contributed by atoms with E-state index in [1.807, 2.05) is 18.5 Å². The van der Waals surface area contributed by atoms with Gasteiger partial charge >= 0.3 is 0 Å². The molecule has 3 N–H and O–H groups in total. The minimum absolute atomic E-state index is 0.360. The third kappa shape index (κ3) is 9.28. The Hall–Kier alpha value is -2.11. The molecule has 0 radical (unpaired) electrons. The van der Waals surface area contributed by atoms with Crippen molar-refractivity contribution in [2.45, 2.75) is 67.3 Å². The Bertz CT molecular complexity index is 864. The van der Waals surface area contributed by atoms with Gasteiger partial charge in [-0.05, 0) is 67.0 Å². The maximum absolute atomic E-state index is 5.36. The zero-order valence-electron chi connectivity index (χ0n) is 20.5. The lowest BCUT2D eigenvalue weighted by Crippen LogP contribution is -2.32. The first-order valence-corrected chi connectivity index (χ1v) is 11.5. The number of aromatic nitrogens is 2. The molecule has 172 valence electrons. The average Bonchev–Trinajstić information content (AvgIpc) is 3.08. The van der Waals surface area contributed by atoms with Crippen molar-refractivity contribution in [3.63, 3.8) is 0 Å². The Balaban J connectivity index is 2.03. The van der Waals surface area contributed by atoms with Crippen LogP contribution in [0, 0.1) is 10.8 Å². The summed E-state index contributed by atoms with van der Waals surface area (Å²) in [5.74, 6) is 5.36. The molecule has 0 fully saturated rings. The number of nitrogens with one attached hydrogen (secondary N) is 1. The van der Waals surface area contributed by atoms with Gasteiger partial charge in [0.15, 0.2) is 0 Å². The Labute approximate surface area is 189 Å². The van der Waals surface area contributed by atoms with Crippen LogP contribution in [0.1, 0.15) is 66.4 Å². The molecule has 31 heavy (non-hydrogen) atoms. The monoisotopic (exact) mass is 425 g/mol. The van der Waals surface area contributed by atoms with E-state index in [1.165, 1.54) is 24.8 Å². The fraction of sp³-hybridized carbons (Fsp3) is 0.577. The third-order valence-electron chi connectivity index (χ3n) is 5.54. The number of imidazole rings is 1. The number of hydrazine groups is 1. The Morgan fingerprint density at radius 1 is 1.10 bits per heavy atom. The lowest BCUT2D eigenvalue weighted by Gasteiger charge is -2.28. The van der Waals surface area contributed by atoms with Gasteiger partial charge in [0, 0.05) is 18.8 Å². The Morgan fingerprint density at radius 3 is 2.45 bits per heavy atom. The van der Waals surface area contributed by atoms with Gasteiger partial charge in [-0.2, -0.15) is 0 Å². The number of hydrogen-bond donors (Lipinski definition) is 2. The van der Waals surface area contributed by atoms with Crippen LogP contribution in [0.25, 0.3) is 17.1 Å². The van der Waals surface area contributed by atoms with Crippen molar-refractivity contribution in [2.75, 3.05) is 19.6 Å². The maximum Gasteiger partial charge on any atom is 0.0958 e. The molecule has 0 amide bonds. The first-order valence-electron chi connectivity index (χ1n) is 11.5. The number of nitrogens with zero attached hydrogens (tertiary/aromatic N) is 3. The van der Waals surface area contributed by atoms with Gasteiger partial charge in [0.1, 0.15) is 0 Å². The van der Waals surface area contributed by atoms with Gasteiger partial charge in [0.2, 0.25) is 0 Å². The molecule has 0 aliphatic heterocycles. The fourth-order valence-corrected chi connectivity index (χ4v) is 3.52. The summed E-state index contributed by atoms with van der Waals surface area (Å²) in [6.45, 7) is 22.1. The predicted octanol–water partition coefficient (Wildman–Crippen LogP) is 5.59. The molecule has 0 bridgehead atoms. The van der Waals surface area contributed by atoms with Crippen LogP contribution in [0.2, 0.25) is 0 Å². The van der Waals surface area contributed by atoms with Crippen molar-refractivity contribution in [1.29, 1.82) is 0 Å². The molecule has 1 heterocycles. The largest absolute Gasteiger partial charge is 0.329 e. The molecule has 0 saturated carbocycles. The van der Waals surface area contributed by atoms with Crippen LogP contribution in [0.4, 0.5) is 0 Å². The van der Waals surface area contributed by atoms with Crippen molar-refractivity contribution in [3.8, 4) is 0 Å². The summed E-state index contributed by atoms with van der Waals surface area (Å²) in [5.41, 5.74) is 7.25. The first-order chi connectivity index (χ1) is 14.5. The van der Waals surface area contributed by atoms with Crippen LogP contribution < -0.4 is 11.3 Å². The van der Waals surface area contributed by atoms with Gasteiger partial charge in [0.25, 0.3) is 0 Å². The second-order valence-corrected chi connectivity index (χ2v) is 11.0. The van der Waals surface area contributed by atoms with Crippen LogP contribution >= 0.6 is 0 Å². The van der Waals surface area contributed by atoms with E-state index in [0.717, 1.165) is 37.3 Å². The molecule has 0 unspecified atom stereocenters. The second-order valence-electron chi connectivity index (χ2n) is 11.0. The number of benzene rings is 1. The standard InChI is InChI=1S/C26H43N5/c1-21(29-27)9-10-22-11-12-24-23(19-22)28-20-31(24)18-17-30(16-14-26(5,6)7)15-8-13-25(2,3)4/h9-12,19-20,29H,1,8,13-18,27H2,2-7H3/b10-9+. The molecule has 2 rings (SSSR count). The summed E-state index contributed by atoms with van der Waals surface area (Å²) in [4.78, 5) is 7.26. The fourth-order valence-electron chi connectivity index (χ4n) is 3.52. The predicted molar refractivity (Wildman–Crippen MR) is 134 cm³/mol. The topological polar surface area (TPSA) is 59.1 Å². The zero-order valence-corrected chi connectivity index (χ0v) is 20.5. The molecule has 0 aliphatic carbocycles. The highest BCUT2D eigenvalue weighted by Crippen LogP contribution is 2.23. The number of allylic oxidation sites excluding steroid dienone is 1. The summed E-state index contributed by atoms with van der Waals surface area (Å²) in [7, 11) is 0. The minimum Gasteiger partial charge on any atom is -0.329 e. The SMILES string of the molecule is C=C(/C=C/c1ccc2c(c1)ncn2CCN(CCCC(C)(C)C)CCC(C)(C)C)NN. The Morgan fingerprint density at radius 2 is 1.81 bits per heavy atom. The minimum atomic E-state index is 0.360. The molecular weight excluding hydrogens is 382 g/mol. The molecule has 5 nitrogen and oxygen atoms in total. The number of rotatable bonds is 11. The van der Waals surface area contributed by atoms with Gasteiger partial charge in [-0.25, -0.2) is 4.98 Å². The van der Waals surface area contributed by atoms with Crippen LogP contribution in [0.5, 0.6) is 0 Å². The normalized spacial score (nSPS) is 12.9. The van der Waals surface area contributed by atoms with E-state index >= 15 is 0 Å². The highest BCUT2D eigenvalue weighted by molar-refractivity contribution is 5.78. The summed E-state index contributed by atoms with van der Waals surface area (Å²) in [6, 6.07) is 6.37. The van der Waals surface area contributed by atoms with E-state index in [0.29, 0.717) is 16.5 Å². The molecule has 0 saturated heterocycles. The zero-order chi connectivity index (χ0) is 23.1. The highest BCUT2D eigenvalue weighted by atomic mass is 15.2. The number of hydrogen-bond acceptors (Lipinski definition) is 4. The lowest BCUT2D eigenvalue weighted by atomic mass is 9.90. The lowest BCUT2D eigenvalue weighted by molar-refractivity contribution is 0.208. The molecule has 2 aromatic rings. The maximum atomic E-state index is 5.36. The third-order valence-corrected chi connectivity index (χ3v) is 5.54. The van der Waals surface area contributed by atoms with E-state index in [1.54, 1.807) is 0 Å². The van der Waals surface area contributed by atoms with E-state index in [-0.39, 0.29) is 0 Å². The average molecular weight is 426 g/mol. The Kier molecular flexibility index (Phi) is 8.90. The van der Waals surface area contributed by atoms with Crippen LogP contribution in [-0.4, -0.2) is 34.1 Å². The van der Waals surface area contributed by atoms with E-state index in [2.05, 4.69) is 86.2 Å². The molecule has 1 aromatic heterocycles. The van der Waals surface area contributed by atoms with E-state index in [9.17, 15) is 0 Å². The van der Waals surface area contributed by atoms with Crippen molar-refractivity contribution < 1.29 is 0 Å². The molecule has 5 heteroatoms. The molecule has 0 atom stereocenters. The van der Waals surface area contributed by atoms with Crippen LogP contribution in [-0.2, 0) is 6.54 Å². The number of fused-ring (bicyclic) bond motifs is 1. The smallest absolute Gasteiger partial charge is 0.0958 e. The summed E-state index contributed by atoms with van der Waals surface area (Å²) in [6.07, 6.45) is 9.54. The second kappa shape index (κ2) is 11.0. The van der Waals surface area contributed by atoms with E-state index in [4.69, 9.17) is 5.84 Å². The molecule has 0 spiro atoms. The molecular formula is C26H43N5. The van der Waals surface area contributed by atoms with Gasteiger partial charge in [-0.3, -0.25) is 5.84 Å². The van der Waals surface area contributed by atoms with E-state index < -0.39 is 0 Å². The van der Waals surface area contributed by atoms with Gasteiger partial charge < -0.3 is 14.9 Å². The van der Waals surface area contributed by atoms with Crippen molar-refractivity contribution in [3.05, 3.63) is 48.4 Å². The van der Waals surface area contributed by atoms with Crippen molar-refractivity contribution in [2.24, 2.45) is 16.7 Å². The van der Waals surface area contributed by atoms with Gasteiger partial charge in [-0.1, -0.05) is 60.3 Å². The van der Waals surface area contributed by atoms with Crippen LogP contribution in [0.15, 0.2) is 42.9 Å². The quantitative estimate of drug-likeness (QED) is 0.280. The molecule has 0 aliphatic rings. The summed E-state index contributed by atoms with van der Waals surface area (Å²) in [5, 5.41) is 0. The summed E-state index contributed by atoms with van der Waals surface area (Å²) >= 11 is 0. The molecule has 1 aromatic carbocycles.